The Labute approximate surface area is 188 Å². The normalized spacial score (nSPS) is 17.2. The second-order valence-corrected chi connectivity index (χ2v) is 7.97. The number of hydrogen-bond donors (Lipinski definition) is 6. The van der Waals surface area contributed by atoms with Crippen LogP contribution in [-0.2, 0) is 11.2 Å². The first-order valence-corrected chi connectivity index (χ1v) is 10.0. The van der Waals surface area contributed by atoms with Crippen molar-refractivity contribution in [3.05, 3.63) is 64.2 Å². The summed E-state index contributed by atoms with van der Waals surface area (Å²) in [6.07, 6.45) is -2.12. The van der Waals surface area contributed by atoms with E-state index in [4.69, 9.17) is 9.47 Å². The Balaban J connectivity index is 1.75. The van der Waals surface area contributed by atoms with E-state index in [9.17, 15) is 35.4 Å². The van der Waals surface area contributed by atoms with Gasteiger partial charge in [0, 0.05) is 29.7 Å². The average molecular weight is 454 g/mol. The summed E-state index contributed by atoms with van der Waals surface area (Å²) in [4.78, 5) is 12.9. The third-order valence-corrected chi connectivity index (χ3v) is 5.72. The molecule has 3 aromatic rings. The molecule has 1 aliphatic rings. The van der Waals surface area contributed by atoms with E-state index in [0.29, 0.717) is 11.1 Å². The van der Waals surface area contributed by atoms with Crippen LogP contribution < -0.4 is 4.74 Å². The van der Waals surface area contributed by atoms with Crippen molar-refractivity contribution in [2.45, 2.75) is 32.5 Å². The second kappa shape index (κ2) is 8.01. The van der Waals surface area contributed by atoms with Gasteiger partial charge in [0.25, 0.3) is 0 Å². The van der Waals surface area contributed by atoms with Crippen LogP contribution in [0.15, 0.2) is 36.4 Å². The fourth-order valence-electron chi connectivity index (χ4n) is 3.79. The summed E-state index contributed by atoms with van der Waals surface area (Å²) in [5, 5.41) is 59.7. The Morgan fingerprint density at radius 1 is 0.879 bits per heavy atom. The molecule has 9 nitrogen and oxygen atoms in total. The van der Waals surface area contributed by atoms with E-state index in [1.807, 2.05) is 0 Å². The van der Waals surface area contributed by atoms with Crippen LogP contribution in [0, 0.1) is 13.8 Å². The highest BCUT2D eigenvalue weighted by Crippen LogP contribution is 2.45. The minimum absolute atomic E-state index is 0.0168. The van der Waals surface area contributed by atoms with Crippen LogP contribution in [-0.4, -0.2) is 42.7 Å². The summed E-state index contributed by atoms with van der Waals surface area (Å²) in [6, 6.07) is 7.55. The summed E-state index contributed by atoms with van der Waals surface area (Å²) in [5.41, 5.74) is 1.88. The van der Waals surface area contributed by atoms with Gasteiger partial charge in [-0.25, -0.2) is 4.79 Å². The molecule has 6 N–H and O–H groups in total. The molecule has 0 saturated carbocycles. The van der Waals surface area contributed by atoms with E-state index in [-0.39, 0.29) is 46.1 Å². The van der Waals surface area contributed by atoms with Gasteiger partial charge >= 0.3 is 5.97 Å². The first-order valence-electron chi connectivity index (χ1n) is 10.0. The first-order chi connectivity index (χ1) is 15.5. The number of aromatic hydroxyl groups is 6. The fourth-order valence-corrected chi connectivity index (χ4v) is 3.79. The lowest BCUT2D eigenvalue weighted by Crippen LogP contribution is -2.34. The highest BCUT2D eigenvalue weighted by atomic mass is 16.6. The Kier molecular flexibility index (Phi) is 5.33. The molecule has 0 aliphatic carbocycles. The summed E-state index contributed by atoms with van der Waals surface area (Å²) in [7, 11) is 0. The lowest BCUT2D eigenvalue weighted by molar-refractivity contribution is -0.0189. The molecule has 2 atom stereocenters. The van der Waals surface area contributed by atoms with Gasteiger partial charge in [-0.05, 0) is 49.2 Å². The molecule has 0 amide bonds. The predicted molar refractivity (Wildman–Crippen MR) is 115 cm³/mol. The molecule has 1 heterocycles. The third kappa shape index (κ3) is 4.00. The van der Waals surface area contributed by atoms with Gasteiger partial charge in [-0.2, -0.15) is 0 Å². The molecule has 0 spiro atoms. The molecule has 1 aliphatic heterocycles. The Morgan fingerprint density at radius 2 is 1.55 bits per heavy atom. The van der Waals surface area contributed by atoms with Crippen LogP contribution in [0.25, 0.3) is 0 Å². The number of hydrogen-bond acceptors (Lipinski definition) is 9. The molecule has 33 heavy (non-hydrogen) atoms. The molecule has 0 bridgehead atoms. The van der Waals surface area contributed by atoms with Crippen LogP contribution in [0.2, 0.25) is 0 Å². The molecule has 3 aromatic carbocycles. The van der Waals surface area contributed by atoms with Crippen molar-refractivity contribution in [3.63, 3.8) is 0 Å². The van der Waals surface area contributed by atoms with Crippen LogP contribution in [0.5, 0.6) is 40.2 Å². The van der Waals surface area contributed by atoms with Gasteiger partial charge in [0.1, 0.15) is 29.1 Å². The van der Waals surface area contributed by atoms with Crippen LogP contribution >= 0.6 is 0 Å². The zero-order valence-corrected chi connectivity index (χ0v) is 17.7. The molecule has 0 fully saturated rings. The zero-order valence-electron chi connectivity index (χ0n) is 17.7. The maximum absolute atomic E-state index is 12.9. The number of rotatable bonds is 3. The monoisotopic (exact) mass is 454 g/mol. The van der Waals surface area contributed by atoms with Gasteiger partial charge in [-0.3, -0.25) is 0 Å². The van der Waals surface area contributed by atoms with Crippen molar-refractivity contribution in [2.24, 2.45) is 0 Å². The van der Waals surface area contributed by atoms with Crippen LogP contribution in [0.3, 0.4) is 0 Å². The first kappa shape index (κ1) is 21.9. The predicted octanol–water partition coefficient (Wildman–Crippen LogP) is 3.44. The topological polar surface area (TPSA) is 157 Å². The highest BCUT2D eigenvalue weighted by molar-refractivity contribution is 5.90. The van der Waals surface area contributed by atoms with Gasteiger partial charge in [0.15, 0.2) is 23.4 Å². The molecular formula is C24H22O9. The van der Waals surface area contributed by atoms with Crippen molar-refractivity contribution in [3.8, 4) is 40.2 Å². The maximum Gasteiger partial charge on any atom is 0.338 e. The Hall–Kier alpha value is -4.27. The van der Waals surface area contributed by atoms with E-state index in [1.54, 1.807) is 19.9 Å². The molecule has 0 aromatic heterocycles. The fraction of sp³-hybridized carbons (Fsp3) is 0.208. The van der Waals surface area contributed by atoms with Gasteiger partial charge in [-0.15, -0.1) is 0 Å². The van der Waals surface area contributed by atoms with E-state index in [2.05, 4.69) is 0 Å². The van der Waals surface area contributed by atoms with Crippen molar-refractivity contribution >= 4 is 5.97 Å². The van der Waals surface area contributed by atoms with E-state index >= 15 is 0 Å². The van der Waals surface area contributed by atoms with Crippen molar-refractivity contribution in [1.29, 1.82) is 0 Å². The minimum Gasteiger partial charge on any atom is -0.508 e. The number of phenolic OH excluding ortho intramolecular Hbond substituents is 6. The van der Waals surface area contributed by atoms with Gasteiger partial charge in [-0.1, -0.05) is 0 Å². The molecule has 0 saturated heterocycles. The van der Waals surface area contributed by atoms with E-state index in [0.717, 1.165) is 18.2 Å². The summed E-state index contributed by atoms with van der Waals surface area (Å²) >= 11 is 0. The SMILES string of the molecule is Cc1cc(C(=O)OC2Cc3c(O)cc(O)cc3OC2c2cc(O)c(O)c(O)c2)cc(O)c1C. The molecule has 9 heteroatoms. The van der Waals surface area contributed by atoms with E-state index in [1.165, 1.54) is 12.1 Å². The largest absolute Gasteiger partial charge is 0.508 e. The van der Waals surface area contributed by atoms with Crippen LogP contribution in [0.1, 0.15) is 38.7 Å². The quantitative estimate of drug-likeness (QED) is 0.258. The number of phenols is 6. The number of fused-ring (bicyclic) bond motifs is 1. The third-order valence-electron chi connectivity index (χ3n) is 5.72. The minimum atomic E-state index is -1.07. The average Bonchev–Trinajstić information content (AvgIpc) is 2.75. The van der Waals surface area contributed by atoms with Gasteiger partial charge in [0.05, 0.1) is 5.56 Å². The lowest BCUT2D eigenvalue weighted by atomic mass is 9.93. The summed E-state index contributed by atoms with van der Waals surface area (Å²) < 4.78 is 11.6. The number of carbonyl (C=O) groups is 1. The van der Waals surface area contributed by atoms with Crippen LogP contribution in [0.4, 0.5) is 0 Å². The maximum atomic E-state index is 12.9. The van der Waals surface area contributed by atoms with Crippen molar-refractivity contribution in [2.75, 3.05) is 0 Å². The Bertz CT molecular complexity index is 1220. The number of esters is 1. The number of benzene rings is 3. The molecule has 0 radical (unpaired) electrons. The number of aryl methyl sites for hydroxylation is 1. The molecule has 172 valence electrons. The lowest BCUT2D eigenvalue weighted by Gasteiger charge is -2.34. The standard InChI is InChI=1S/C24H22O9/c1-10-3-13(6-16(26)11(10)2)24(31)33-21-9-15-17(27)7-14(25)8-20(15)32-23(21)12-4-18(28)22(30)19(29)5-12/h3-8,21,23,25-30H,9H2,1-2H3. The summed E-state index contributed by atoms with van der Waals surface area (Å²) in [6.45, 7) is 3.45. The number of carbonyl (C=O) groups excluding carboxylic acids is 1. The smallest absolute Gasteiger partial charge is 0.338 e. The van der Waals surface area contributed by atoms with Crippen molar-refractivity contribution in [1.82, 2.24) is 0 Å². The van der Waals surface area contributed by atoms with Gasteiger partial charge < -0.3 is 40.1 Å². The number of ether oxygens (including phenoxy) is 2. The Morgan fingerprint density at radius 3 is 2.18 bits per heavy atom. The molecule has 2 unspecified atom stereocenters. The molecular weight excluding hydrogens is 432 g/mol. The van der Waals surface area contributed by atoms with Crippen molar-refractivity contribution < 1.29 is 44.9 Å². The second-order valence-electron chi connectivity index (χ2n) is 7.97. The summed E-state index contributed by atoms with van der Waals surface area (Å²) in [5.74, 6) is -3.15. The molecule has 4 rings (SSSR count). The van der Waals surface area contributed by atoms with Gasteiger partial charge in [0.2, 0.25) is 0 Å². The zero-order chi connectivity index (χ0) is 24.0. The van der Waals surface area contributed by atoms with E-state index < -0.39 is 35.4 Å². The highest BCUT2D eigenvalue weighted by Gasteiger charge is 2.37.